The summed E-state index contributed by atoms with van der Waals surface area (Å²) < 4.78 is 13.4. The zero-order valence-corrected chi connectivity index (χ0v) is 10.5. The van der Waals surface area contributed by atoms with Crippen LogP contribution in [-0.2, 0) is 4.79 Å². The Bertz CT molecular complexity index is 499. The molecule has 96 valence electrons. The van der Waals surface area contributed by atoms with Crippen LogP contribution in [0.15, 0.2) is 23.2 Å². The Morgan fingerprint density at radius 2 is 2.33 bits per heavy atom. The number of halogens is 1. The number of aryl methyl sites for hydroxylation is 1. The molecular formula is C13H16FN3O. The van der Waals surface area contributed by atoms with Gasteiger partial charge >= 0.3 is 0 Å². The number of carbonyl (C=O) groups is 1. The lowest BCUT2D eigenvalue weighted by Crippen LogP contribution is -2.36. The normalized spacial score (nSPS) is 14.6. The van der Waals surface area contributed by atoms with Gasteiger partial charge in [0.1, 0.15) is 11.6 Å². The molecule has 2 rings (SSSR count). The Kier molecular flexibility index (Phi) is 3.60. The van der Waals surface area contributed by atoms with Crippen LogP contribution in [-0.4, -0.2) is 36.3 Å². The van der Waals surface area contributed by atoms with Crippen molar-refractivity contribution in [3.05, 3.63) is 29.6 Å². The number of anilines is 1. The highest BCUT2D eigenvalue weighted by molar-refractivity contribution is 5.96. The number of Topliss-reactive ketones (excluding diaryl/α,β-unsaturated/α-hetero) is 1. The molecule has 1 aromatic rings. The van der Waals surface area contributed by atoms with Crippen LogP contribution in [0.2, 0.25) is 0 Å². The van der Waals surface area contributed by atoms with Crippen molar-refractivity contribution < 1.29 is 9.18 Å². The first-order valence-electron chi connectivity index (χ1n) is 5.88. The highest BCUT2D eigenvalue weighted by Crippen LogP contribution is 2.15. The van der Waals surface area contributed by atoms with Gasteiger partial charge in [0, 0.05) is 12.2 Å². The number of nitrogens with one attached hydrogen (secondary N) is 1. The third-order valence-electron chi connectivity index (χ3n) is 2.77. The number of rotatable bonds is 3. The number of hydrogen-bond donors (Lipinski definition) is 1. The molecule has 0 atom stereocenters. The highest BCUT2D eigenvalue weighted by atomic mass is 19.1. The summed E-state index contributed by atoms with van der Waals surface area (Å²) in [7, 11) is 0. The van der Waals surface area contributed by atoms with E-state index in [1.54, 1.807) is 26.0 Å². The molecular weight excluding hydrogens is 233 g/mol. The van der Waals surface area contributed by atoms with E-state index in [-0.39, 0.29) is 11.6 Å². The Balaban J connectivity index is 2.08. The van der Waals surface area contributed by atoms with E-state index in [1.807, 2.05) is 4.90 Å². The Morgan fingerprint density at radius 3 is 3.00 bits per heavy atom. The number of guanidine groups is 1. The van der Waals surface area contributed by atoms with Gasteiger partial charge in [-0.05, 0) is 31.5 Å². The number of ketones is 1. The van der Waals surface area contributed by atoms with Crippen molar-refractivity contribution in [1.82, 2.24) is 4.90 Å². The zero-order valence-electron chi connectivity index (χ0n) is 10.5. The van der Waals surface area contributed by atoms with Crippen molar-refractivity contribution in [1.29, 1.82) is 0 Å². The Hall–Kier alpha value is -1.91. The van der Waals surface area contributed by atoms with Crippen LogP contribution in [0.4, 0.5) is 10.1 Å². The highest BCUT2D eigenvalue weighted by Gasteiger charge is 2.18. The maximum absolute atomic E-state index is 13.4. The second kappa shape index (κ2) is 5.16. The Morgan fingerprint density at radius 1 is 1.56 bits per heavy atom. The van der Waals surface area contributed by atoms with E-state index in [2.05, 4.69) is 10.3 Å². The summed E-state index contributed by atoms with van der Waals surface area (Å²) >= 11 is 0. The minimum Gasteiger partial charge on any atom is -0.334 e. The van der Waals surface area contributed by atoms with Gasteiger partial charge in [0.2, 0.25) is 0 Å². The van der Waals surface area contributed by atoms with Crippen molar-refractivity contribution in [3.63, 3.8) is 0 Å². The largest absolute Gasteiger partial charge is 0.334 e. The average molecular weight is 249 g/mol. The fourth-order valence-electron chi connectivity index (χ4n) is 1.82. The molecule has 0 fully saturated rings. The molecule has 0 spiro atoms. The quantitative estimate of drug-likeness (QED) is 0.888. The van der Waals surface area contributed by atoms with E-state index in [0.717, 1.165) is 6.54 Å². The zero-order chi connectivity index (χ0) is 13.1. The van der Waals surface area contributed by atoms with Crippen LogP contribution < -0.4 is 5.32 Å². The molecule has 0 aliphatic carbocycles. The Labute approximate surface area is 106 Å². The molecule has 0 saturated carbocycles. The number of carbonyl (C=O) groups excluding carboxylic acids is 1. The van der Waals surface area contributed by atoms with Crippen LogP contribution in [0.25, 0.3) is 0 Å². The van der Waals surface area contributed by atoms with Gasteiger partial charge in [0.25, 0.3) is 0 Å². The van der Waals surface area contributed by atoms with Gasteiger partial charge in [0.05, 0.1) is 13.1 Å². The van der Waals surface area contributed by atoms with Crippen molar-refractivity contribution >= 4 is 17.4 Å². The predicted molar refractivity (Wildman–Crippen MR) is 69.3 cm³/mol. The van der Waals surface area contributed by atoms with Crippen LogP contribution in [0.3, 0.4) is 0 Å². The first kappa shape index (κ1) is 12.5. The molecule has 0 unspecified atom stereocenters. The van der Waals surface area contributed by atoms with Gasteiger partial charge in [-0.1, -0.05) is 6.07 Å². The molecule has 18 heavy (non-hydrogen) atoms. The molecule has 1 N–H and O–H groups in total. The molecule has 0 bridgehead atoms. The molecule has 0 amide bonds. The van der Waals surface area contributed by atoms with Gasteiger partial charge in [0.15, 0.2) is 5.96 Å². The van der Waals surface area contributed by atoms with Gasteiger partial charge in [-0.3, -0.25) is 9.79 Å². The average Bonchev–Trinajstić information content (AvgIpc) is 2.70. The molecule has 0 radical (unpaired) electrons. The topological polar surface area (TPSA) is 44.7 Å². The van der Waals surface area contributed by atoms with Crippen molar-refractivity contribution in [2.24, 2.45) is 4.99 Å². The maximum Gasteiger partial charge on any atom is 0.198 e. The molecule has 4 nitrogen and oxygen atoms in total. The molecule has 1 aromatic carbocycles. The van der Waals surface area contributed by atoms with Crippen LogP contribution in [0.1, 0.15) is 12.5 Å². The molecule has 0 aromatic heterocycles. The van der Waals surface area contributed by atoms with Gasteiger partial charge < -0.3 is 10.2 Å². The van der Waals surface area contributed by atoms with Crippen molar-refractivity contribution in [3.8, 4) is 0 Å². The molecule has 1 heterocycles. The first-order valence-corrected chi connectivity index (χ1v) is 5.88. The third kappa shape index (κ3) is 2.85. The maximum atomic E-state index is 13.4. The summed E-state index contributed by atoms with van der Waals surface area (Å²) in [5.41, 5.74) is 1.25. The minimum atomic E-state index is -0.253. The fraction of sp³-hybridized carbons (Fsp3) is 0.385. The lowest BCUT2D eigenvalue weighted by atomic mass is 10.2. The summed E-state index contributed by atoms with van der Waals surface area (Å²) in [6, 6.07) is 4.94. The molecule has 5 heteroatoms. The fourth-order valence-corrected chi connectivity index (χ4v) is 1.82. The summed E-state index contributed by atoms with van der Waals surface area (Å²) in [5, 5.41) is 3.05. The number of hydrogen-bond acceptors (Lipinski definition) is 4. The lowest BCUT2D eigenvalue weighted by molar-refractivity contribution is -0.117. The van der Waals surface area contributed by atoms with E-state index >= 15 is 0 Å². The second-order valence-electron chi connectivity index (χ2n) is 4.42. The van der Waals surface area contributed by atoms with Crippen molar-refractivity contribution in [2.45, 2.75) is 13.8 Å². The van der Waals surface area contributed by atoms with Crippen LogP contribution in [0, 0.1) is 12.7 Å². The van der Waals surface area contributed by atoms with E-state index < -0.39 is 0 Å². The van der Waals surface area contributed by atoms with E-state index in [1.165, 1.54) is 6.07 Å². The summed E-state index contributed by atoms with van der Waals surface area (Å²) in [4.78, 5) is 17.2. The van der Waals surface area contributed by atoms with Gasteiger partial charge in [-0.25, -0.2) is 4.39 Å². The third-order valence-corrected chi connectivity index (χ3v) is 2.77. The van der Waals surface area contributed by atoms with Gasteiger partial charge in [-0.2, -0.15) is 0 Å². The van der Waals surface area contributed by atoms with Crippen LogP contribution >= 0.6 is 0 Å². The minimum absolute atomic E-state index is 0.0847. The second-order valence-corrected chi connectivity index (χ2v) is 4.42. The molecule has 1 aliphatic heterocycles. The van der Waals surface area contributed by atoms with Gasteiger partial charge in [-0.15, -0.1) is 0 Å². The molecule has 1 aliphatic rings. The lowest BCUT2D eigenvalue weighted by Gasteiger charge is -2.19. The number of benzene rings is 1. The predicted octanol–water partition coefficient (Wildman–Crippen LogP) is 1.81. The standard InChI is InChI=1S/C13H16FN3O/c1-9-3-4-11(7-12(9)14)16-13-15-5-6-17(13)8-10(2)18/h3-4,7H,5-6,8H2,1-2H3,(H,15,16). The van der Waals surface area contributed by atoms with E-state index in [0.29, 0.717) is 30.3 Å². The summed E-state index contributed by atoms with van der Waals surface area (Å²) in [5.74, 6) is 0.464. The van der Waals surface area contributed by atoms with Crippen molar-refractivity contribution in [2.75, 3.05) is 25.0 Å². The molecule has 0 saturated heterocycles. The van der Waals surface area contributed by atoms with E-state index in [4.69, 9.17) is 0 Å². The SMILES string of the molecule is CC(=O)CN1CCN=C1Nc1ccc(C)c(F)c1. The first-order chi connectivity index (χ1) is 8.56. The summed E-state index contributed by atoms with van der Waals surface area (Å²) in [6.45, 7) is 4.97. The number of aliphatic imine (C=N–C) groups is 1. The summed E-state index contributed by atoms with van der Waals surface area (Å²) in [6.07, 6.45) is 0. The van der Waals surface area contributed by atoms with E-state index in [9.17, 15) is 9.18 Å². The monoisotopic (exact) mass is 249 g/mol. The van der Waals surface area contributed by atoms with Crippen LogP contribution in [0.5, 0.6) is 0 Å². The smallest absolute Gasteiger partial charge is 0.198 e. The number of nitrogens with zero attached hydrogens (tertiary/aromatic N) is 2.